The van der Waals surface area contributed by atoms with Crippen molar-refractivity contribution < 1.29 is 14.4 Å². The summed E-state index contributed by atoms with van der Waals surface area (Å²) in [6.45, 7) is 3.97. The van der Waals surface area contributed by atoms with Gasteiger partial charge in [0.2, 0.25) is 11.8 Å². The Hall–Kier alpha value is -3.35. The first kappa shape index (κ1) is 20.0. The third kappa shape index (κ3) is 6.14. The number of carbonyl (C=O) groups excluding carboxylic acids is 3. The van der Waals surface area contributed by atoms with Crippen LogP contribution in [0.3, 0.4) is 0 Å². The zero-order valence-corrected chi connectivity index (χ0v) is 15.4. The summed E-state index contributed by atoms with van der Waals surface area (Å²) >= 11 is 0. The number of rotatable bonds is 8. The molecular formula is C20H24N4O3. The summed E-state index contributed by atoms with van der Waals surface area (Å²) in [7, 11) is 0. The van der Waals surface area contributed by atoms with E-state index in [2.05, 4.69) is 16.0 Å². The Kier molecular flexibility index (Phi) is 6.93. The number of benzene rings is 2. The molecule has 0 aliphatic carbocycles. The van der Waals surface area contributed by atoms with Gasteiger partial charge in [-0.1, -0.05) is 13.0 Å². The van der Waals surface area contributed by atoms with Crippen LogP contribution in [0, 0.1) is 0 Å². The number of anilines is 2. The number of nitrogens with two attached hydrogens (primary N) is 1. The van der Waals surface area contributed by atoms with Gasteiger partial charge >= 0.3 is 0 Å². The summed E-state index contributed by atoms with van der Waals surface area (Å²) in [5, 5.41) is 8.56. The molecule has 0 bridgehead atoms. The van der Waals surface area contributed by atoms with Crippen LogP contribution < -0.4 is 21.7 Å². The molecule has 0 aliphatic rings. The van der Waals surface area contributed by atoms with E-state index in [9.17, 15) is 14.4 Å². The number of amides is 3. The van der Waals surface area contributed by atoms with E-state index >= 15 is 0 Å². The van der Waals surface area contributed by atoms with Gasteiger partial charge in [-0.05, 0) is 55.8 Å². The Morgan fingerprint density at radius 2 is 1.70 bits per heavy atom. The quantitative estimate of drug-likeness (QED) is 0.573. The van der Waals surface area contributed by atoms with Gasteiger partial charge in [0.1, 0.15) is 0 Å². The molecule has 2 aromatic carbocycles. The first-order valence-corrected chi connectivity index (χ1v) is 8.73. The Morgan fingerprint density at radius 3 is 2.33 bits per heavy atom. The molecule has 27 heavy (non-hydrogen) atoms. The first-order chi connectivity index (χ1) is 12.9. The molecule has 0 spiro atoms. The number of nitrogens with one attached hydrogen (secondary N) is 3. The number of hydrogen-bond donors (Lipinski definition) is 4. The second-order valence-corrected chi connectivity index (χ2v) is 6.21. The molecule has 2 aromatic rings. The van der Waals surface area contributed by atoms with Gasteiger partial charge < -0.3 is 21.7 Å². The van der Waals surface area contributed by atoms with Crippen molar-refractivity contribution in [2.45, 2.75) is 26.3 Å². The molecule has 0 saturated carbocycles. The lowest BCUT2D eigenvalue weighted by Gasteiger charge is -2.12. The van der Waals surface area contributed by atoms with Gasteiger partial charge in [0.25, 0.3) is 5.91 Å². The van der Waals surface area contributed by atoms with Crippen LogP contribution in [0.5, 0.6) is 0 Å². The maximum absolute atomic E-state index is 12.1. The van der Waals surface area contributed by atoms with Crippen molar-refractivity contribution in [2.24, 2.45) is 5.73 Å². The van der Waals surface area contributed by atoms with Crippen LogP contribution in [-0.4, -0.2) is 30.3 Å². The number of primary amides is 1. The SMILES string of the molecule is CCC(C)NC(=O)c1ccc(NC(=O)CNc2cccc(C(N)=O)c2)cc1. The van der Waals surface area contributed by atoms with Crippen LogP contribution in [0.4, 0.5) is 11.4 Å². The third-order valence-electron chi connectivity index (χ3n) is 4.02. The van der Waals surface area contributed by atoms with E-state index in [1.165, 1.54) is 0 Å². The number of hydrogen-bond acceptors (Lipinski definition) is 4. The summed E-state index contributed by atoms with van der Waals surface area (Å²) in [4.78, 5) is 35.3. The summed E-state index contributed by atoms with van der Waals surface area (Å²) in [5.74, 6) is -0.921. The van der Waals surface area contributed by atoms with Crippen molar-refractivity contribution in [1.29, 1.82) is 0 Å². The van der Waals surface area contributed by atoms with Gasteiger partial charge in [-0.2, -0.15) is 0 Å². The molecule has 2 rings (SSSR count). The Bertz CT molecular complexity index is 818. The molecule has 1 unspecified atom stereocenters. The predicted molar refractivity (Wildman–Crippen MR) is 106 cm³/mol. The first-order valence-electron chi connectivity index (χ1n) is 8.73. The molecule has 0 radical (unpaired) electrons. The summed E-state index contributed by atoms with van der Waals surface area (Å²) in [6, 6.07) is 13.4. The fourth-order valence-electron chi connectivity index (χ4n) is 2.28. The fraction of sp³-hybridized carbons (Fsp3) is 0.250. The van der Waals surface area contributed by atoms with Crippen LogP contribution in [0.1, 0.15) is 41.0 Å². The average Bonchev–Trinajstić information content (AvgIpc) is 2.67. The van der Waals surface area contributed by atoms with Gasteiger partial charge in [-0.3, -0.25) is 14.4 Å². The molecule has 0 fully saturated rings. The van der Waals surface area contributed by atoms with Gasteiger partial charge in [-0.15, -0.1) is 0 Å². The van der Waals surface area contributed by atoms with Crippen LogP contribution in [-0.2, 0) is 4.79 Å². The zero-order valence-electron chi connectivity index (χ0n) is 15.4. The fourth-order valence-corrected chi connectivity index (χ4v) is 2.28. The van der Waals surface area contributed by atoms with Gasteiger partial charge in [0.05, 0.1) is 6.54 Å². The maximum Gasteiger partial charge on any atom is 0.251 e. The molecule has 0 heterocycles. The van der Waals surface area contributed by atoms with Crippen molar-refractivity contribution in [2.75, 3.05) is 17.2 Å². The molecule has 7 nitrogen and oxygen atoms in total. The highest BCUT2D eigenvalue weighted by molar-refractivity contribution is 5.97. The molecule has 5 N–H and O–H groups in total. The standard InChI is InChI=1S/C20H24N4O3/c1-3-13(2)23-20(27)14-7-9-16(10-8-14)24-18(25)12-22-17-6-4-5-15(11-17)19(21)26/h4-11,13,22H,3,12H2,1-2H3,(H2,21,26)(H,23,27)(H,24,25). The Balaban J connectivity index is 1.88. The molecule has 0 aromatic heterocycles. The van der Waals surface area contributed by atoms with Crippen molar-refractivity contribution >= 4 is 29.1 Å². The lowest BCUT2D eigenvalue weighted by Crippen LogP contribution is -2.31. The van der Waals surface area contributed by atoms with Crippen molar-refractivity contribution in [3.8, 4) is 0 Å². The van der Waals surface area contributed by atoms with Crippen molar-refractivity contribution in [1.82, 2.24) is 5.32 Å². The van der Waals surface area contributed by atoms with E-state index in [-0.39, 0.29) is 24.4 Å². The van der Waals surface area contributed by atoms with E-state index in [1.54, 1.807) is 48.5 Å². The lowest BCUT2D eigenvalue weighted by molar-refractivity contribution is -0.114. The Morgan fingerprint density at radius 1 is 1.00 bits per heavy atom. The molecule has 0 aliphatic heterocycles. The summed E-state index contributed by atoms with van der Waals surface area (Å²) in [5.41, 5.74) is 7.35. The van der Waals surface area contributed by atoms with E-state index < -0.39 is 5.91 Å². The Labute approximate surface area is 158 Å². The second-order valence-electron chi connectivity index (χ2n) is 6.21. The zero-order chi connectivity index (χ0) is 19.8. The lowest BCUT2D eigenvalue weighted by atomic mass is 10.1. The summed E-state index contributed by atoms with van der Waals surface area (Å²) in [6.07, 6.45) is 0.856. The van der Waals surface area contributed by atoms with E-state index in [1.807, 2.05) is 13.8 Å². The van der Waals surface area contributed by atoms with Crippen LogP contribution in [0.15, 0.2) is 48.5 Å². The smallest absolute Gasteiger partial charge is 0.251 e. The van der Waals surface area contributed by atoms with Crippen molar-refractivity contribution in [3.63, 3.8) is 0 Å². The summed E-state index contributed by atoms with van der Waals surface area (Å²) < 4.78 is 0. The van der Waals surface area contributed by atoms with Crippen LogP contribution in [0.25, 0.3) is 0 Å². The highest BCUT2D eigenvalue weighted by Gasteiger charge is 2.09. The molecule has 3 amide bonds. The molecule has 7 heteroatoms. The minimum atomic E-state index is -0.527. The minimum absolute atomic E-state index is 0.0263. The van der Waals surface area contributed by atoms with Gasteiger partial charge in [-0.25, -0.2) is 0 Å². The molecule has 0 saturated heterocycles. The number of carbonyl (C=O) groups is 3. The average molecular weight is 368 g/mol. The highest BCUT2D eigenvalue weighted by atomic mass is 16.2. The third-order valence-corrected chi connectivity index (χ3v) is 4.02. The second kappa shape index (κ2) is 9.38. The van der Waals surface area contributed by atoms with E-state index in [0.717, 1.165) is 6.42 Å². The van der Waals surface area contributed by atoms with Gasteiger partial charge in [0.15, 0.2) is 0 Å². The monoisotopic (exact) mass is 368 g/mol. The largest absolute Gasteiger partial charge is 0.376 e. The minimum Gasteiger partial charge on any atom is -0.376 e. The van der Waals surface area contributed by atoms with E-state index in [0.29, 0.717) is 22.5 Å². The normalized spacial score (nSPS) is 11.3. The maximum atomic E-state index is 12.1. The van der Waals surface area contributed by atoms with Crippen LogP contribution in [0.2, 0.25) is 0 Å². The molecular weight excluding hydrogens is 344 g/mol. The van der Waals surface area contributed by atoms with Crippen molar-refractivity contribution in [3.05, 3.63) is 59.7 Å². The molecule has 142 valence electrons. The van der Waals surface area contributed by atoms with Gasteiger partial charge in [0, 0.05) is 28.5 Å². The molecule has 1 atom stereocenters. The predicted octanol–water partition coefficient (Wildman–Crippen LogP) is 2.36. The van der Waals surface area contributed by atoms with Crippen LogP contribution >= 0.6 is 0 Å². The van der Waals surface area contributed by atoms with E-state index in [4.69, 9.17) is 5.73 Å². The topological polar surface area (TPSA) is 113 Å². The highest BCUT2D eigenvalue weighted by Crippen LogP contribution is 2.12.